The molecular formula is C16H20N4O2. The van der Waals surface area contributed by atoms with Crippen molar-refractivity contribution < 1.29 is 4.79 Å². The largest absolute Gasteiger partial charge is 0.340 e. The number of fused-ring (bicyclic) bond motifs is 1. The van der Waals surface area contributed by atoms with E-state index in [2.05, 4.69) is 17.2 Å². The van der Waals surface area contributed by atoms with Crippen LogP contribution >= 0.6 is 0 Å². The number of nitrogens with one attached hydrogen (secondary N) is 1. The van der Waals surface area contributed by atoms with Gasteiger partial charge in [-0.15, -0.1) is 0 Å². The first kappa shape index (κ1) is 14.7. The minimum atomic E-state index is -0.0907. The summed E-state index contributed by atoms with van der Waals surface area (Å²) in [4.78, 5) is 30.7. The molecule has 0 bridgehead atoms. The van der Waals surface area contributed by atoms with Crippen LogP contribution in [0.4, 0.5) is 0 Å². The van der Waals surface area contributed by atoms with E-state index in [0.717, 1.165) is 19.6 Å². The number of amides is 1. The Morgan fingerprint density at radius 2 is 2.23 bits per heavy atom. The summed E-state index contributed by atoms with van der Waals surface area (Å²) in [6.07, 6.45) is 1.85. The van der Waals surface area contributed by atoms with Gasteiger partial charge in [-0.2, -0.15) is 0 Å². The van der Waals surface area contributed by atoms with E-state index in [1.165, 1.54) is 10.9 Å². The normalized spacial score (nSPS) is 18.6. The van der Waals surface area contributed by atoms with Crippen molar-refractivity contribution in [3.05, 3.63) is 40.9 Å². The second-order valence-corrected chi connectivity index (χ2v) is 5.71. The molecule has 0 spiro atoms. The van der Waals surface area contributed by atoms with E-state index >= 15 is 0 Å². The first-order valence-electron chi connectivity index (χ1n) is 7.60. The Kier molecular flexibility index (Phi) is 4.20. The van der Waals surface area contributed by atoms with Gasteiger partial charge >= 0.3 is 0 Å². The van der Waals surface area contributed by atoms with Gasteiger partial charge in [0.2, 0.25) is 5.91 Å². The monoisotopic (exact) mass is 300 g/mol. The second-order valence-electron chi connectivity index (χ2n) is 5.71. The van der Waals surface area contributed by atoms with Gasteiger partial charge in [0.15, 0.2) is 0 Å². The Labute approximate surface area is 128 Å². The number of benzene rings is 1. The zero-order chi connectivity index (χ0) is 15.5. The lowest BCUT2D eigenvalue weighted by atomic mass is 10.2. The number of hydrogen-bond donors (Lipinski definition) is 1. The molecule has 1 aliphatic heterocycles. The van der Waals surface area contributed by atoms with E-state index in [-0.39, 0.29) is 11.5 Å². The molecule has 1 aliphatic rings. The summed E-state index contributed by atoms with van der Waals surface area (Å²) in [6, 6.07) is 7.58. The maximum absolute atomic E-state index is 12.4. The molecule has 22 heavy (non-hydrogen) atoms. The first-order chi connectivity index (χ1) is 10.6. The quantitative estimate of drug-likeness (QED) is 0.902. The Morgan fingerprint density at radius 1 is 1.41 bits per heavy atom. The van der Waals surface area contributed by atoms with Gasteiger partial charge in [-0.3, -0.25) is 14.2 Å². The molecule has 1 aromatic carbocycles. The van der Waals surface area contributed by atoms with Gasteiger partial charge in [0.05, 0.1) is 17.2 Å². The van der Waals surface area contributed by atoms with Crippen LogP contribution in [0, 0.1) is 0 Å². The van der Waals surface area contributed by atoms with Gasteiger partial charge in [-0.1, -0.05) is 12.1 Å². The van der Waals surface area contributed by atoms with Crippen LogP contribution in [-0.2, 0) is 11.3 Å². The predicted molar refractivity (Wildman–Crippen MR) is 84.7 cm³/mol. The highest BCUT2D eigenvalue weighted by atomic mass is 16.2. The Bertz CT molecular complexity index is 740. The summed E-state index contributed by atoms with van der Waals surface area (Å²) in [5, 5.41) is 3.90. The fraction of sp³-hybridized carbons (Fsp3) is 0.438. The van der Waals surface area contributed by atoms with E-state index in [9.17, 15) is 9.59 Å². The zero-order valence-electron chi connectivity index (χ0n) is 12.7. The van der Waals surface area contributed by atoms with Gasteiger partial charge in [0, 0.05) is 38.6 Å². The maximum atomic E-state index is 12.4. The molecule has 6 nitrogen and oxygen atoms in total. The molecule has 1 fully saturated rings. The van der Waals surface area contributed by atoms with Crippen LogP contribution in [0.2, 0.25) is 0 Å². The lowest BCUT2D eigenvalue weighted by molar-refractivity contribution is -0.132. The number of carbonyl (C=O) groups is 1. The number of carbonyl (C=O) groups excluding carboxylic acids is 1. The van der Waals surface area contributed by atoms with Crippen LogP contribution < -0.4 is 10.9 Å². The van der Waals surface area contributed by atoms with E-state index in [0.29, 0.717) is 29.9 Å². The topological polar surface area (TPSA) is 67.2 Å². The fourth-order valence-electron chi connectivity index (χ4n) is 2.80. The fourth-order valence-corrected chi connectivity index (χ4v) is 2.80. The molecule has 116 valence electrons. The molecule has 0 radical (unpaired) electrons. The minimum Gasteiger partial charge on any atom is -0.340 e. The number of rotatable bonds is 3. The number of aryl methyl sites for hydroxylation is 1. The summed E-state index contributed by atoms with van der Waals surface area (Å²) in [7, 11) is 0. The van der Waals surface area contributed by atoms with Gasteiger partial charge in [0.25, 0.3) is 5.56 Å². The van der Waals surface area contributed by atoms with E-state index < -0.39 is 0 Å². The molecule has 1 saturated heterocycles. The highest BCUT2D eigenvalue weighted by molar-refractivity contribution is 5.77. The second kappa shape index (κ2) is 6.27. The molecule has 2 heterocycles. The number of hydrogen-bond acceptors (Lipinski definition) is 4. The average molecular weight is 300 g/mol. The van der Waals surface area contributed by atoms with Crippen LogP contribution in [0.5, 0.6) is 0 Å². The number of aromatic nitrogens is 2. The number of piperazine rings is 1. The lowest BCUT2D eigenvalue weighted by Gasteiger charge is -2.32. The number of para-hydroxylation sites is 1. The van der Waals surface area contributed by atoms with Crippen LogP contribution in [0.25, 0.3) is 10.9 Å². The van der Waals surface area contributed by atoms with Gasteiger partial charge in [-0.05, 0) is 19.1 Å². The molecule has 0 aliphatic carbocycles. The third-order valence-electron chi connectivity index (χ3n) is 4.02. The van der Waals surface area contributed by atoms with Crippen LogP contribution in [-0.4, -0.2) is 46.0 Å². The first-order valence-corrected chi connectivity index (χ1v) is 7.60. The molecule has 1 aromatic heterocycles. The van der Waals surface area contributed by atoms with Crippen molar-refractivity contribution in [2.45, 2.75) is 25.9 Å². The molecule has 1 unspecified atom stereocenters. The Balaban J connectivity index is 1.70. The Morgan fingerprint density at radius 3 is 3.05 bits per heavy atom. The number of nitrogens with zero attached hydrogens (tertiary/aromatic N) is 3. The highest BCUT2D eigenvalue weighted by Gasteiger charge is 2.20. The van der Waals surface area contributed by atoms with Crippen molar-refractivity contribution in [3.8, 4) is 0 Å². The van der Waals surface area contributed by atoms with Crippen LogP contribution in [0.1, 0.15) is 13.3 Å². The molecule has 1 amide bonds. The molecule has 2 aromatic rings. The molecule has 6 heteroatoms. The lowest BCUT2D eigenvalue weighted by Crippen LogP contribution is -2.51. The Hall–Kier alpha value is -2.21. The van der Waals surface area contributed by atoms with E-state index in [4.69, 9.17) is 0 Å². The highest BCUT2D eigenvalue weighted by Crippen LogP contribution is 2.06. The standard InChI is InChI=1S/C16H20N4O2/c1-12-10-19(9-7-17-12)15(21)6-8-20-11-18-14-5-3-2-4-13(14)16(20)22/h2-5,11-12,17H,6-10H2,1H3. The molecular weight excluding hydrogens is 280 g/mol. The smallest absolute Gasteiger partial charge is 0.261 e. The van der Waals surface area contributed by atoms with Crippen molar-refractivity contribution >= 4 is 16.8 Å². The summed E-state index contributed by atoms with van der Waals surface area (Å²) in [6.45, 7) is 4.72. The van der Waals surface area contributed by atoms with Crippen LogP contribution in [0.15, 0.2) is 35.4 Å². The van der Waals surface area contributed by atoms with Gasteiger partial charge in [-0.25, -0.2) is 4.98 Å². The van der Waals surface area contributed by atoms with Gasteiger partial charge < -0.3 is 10.2 Å². The van der Waals surface area contributed by atoms with E-state index in [1.807, 2.05) is 23.1 Å². The van der Waals surface area contributed by atoms with Crippen molar-refractivity contribution in [3.63, 3.8) is 0 Å². The third kappa shape index (κ3) is 3.01. The molecule has 0 saturated carbocycles. The summed E-state index contributed by atoms with van der Waals surface area (Å²) in [5.41, 5.74) is 0.595. The van der Waals surface area contributed by atoms with Crippen molar-refractivity contribution in [1.82, 2.24) is 19.8 Å². The summed E-state index contributed by atoms with van der Waals surface area (Å²) >= 11 is 0. The molecule has 3 rings (SSSR count). The van der Waals surface area contributed by atoms with Crippen molar-refractivity contribution in [1.29, 1.82) is 0 Å². The van der Waals surface area contributed by atoms with Gasteiger partial charge in [0.1, 0.15) is 0 Å². The SMILES string of the molecule is CC1CN(C(=O)CCn2cnc3ccccc3c2=O)CCN1. The molecule has 1 atom stereocenters. The summed E-state index contributed by atoms with van der Waals surface area (Å²) < 4.78 is 1.52. The average Bonchev–Trinajstić information content (AvgIpc) is 2.54. The van der Waals surface area contributed by atoms with Crippen molar-refractivity contribution in [2.24, 2.45) is 0 Å². The zero-order valence-corrected chi connectivity index (χ0v) is 12.7. The minimum absolute atomic E-state index is 0.0907. The van der Waals surface area contributed by atoms with Crippen LogP contribution in [0.3, 0.4) is 0 Å². The predicted octanol–water partition coefficient (Wildman–Crippen LogP) is 0.607. The third-order valence-corrected chi connectivity index (χ3v) is 4.02. The van der Waals surface area contributed by atoms with Crippen molar-refractivity contribution in [2.75, 3.05) is 19.6 Å². The summed E-state index contributed by atoms with van der Waals surface area (Å²) in [5.74, 6) is 0.0911. The van der Waals surface area contributed by atoms with E-state index in [1.54, 1.807) is 6.07 Å². The maximum Gasteiger partial charge on any atom is 0.261 e. The molecule has 1 N–H and O–H groups in total.